The Morgan fingerprint density at radius 3 is 2.76 bits per heavy atom. The summed E-state index contributed by atoms with van der Waals surface area (Å²) in [5, 5.41) is 2.87. The average Bonchev–Trinajstić information content (AvgIpc) is 3.02. The standard InChI is InChI=1S/C13H11F3N2O3/c14-13(15,16)11-10(7-21-17-11)12(19)18-4-9(5-18)3-8-1-2-20-6-8/h1-2,6-7,9H,3-5H2. The van der Waals surface area contributed by atoms with E-state index in [-0.39, 0.29) is 5.92 Å². The van der Waals surface area contributed by atoms with E-state index in [4.69, 9.17) is 4.42 Å². The summed E-state index contributed by atoms with van der Waals surface area (Å²) in [6.07, 6.45) is -0.0421. The highest BCUT2D eigenvalue weighted by Gasteiger charge is 2.42. The zero-order valence-corrected chi connectivity index (χ0v) is 10.8. The van der Waals surface area contributed by atoms with Crippen molar-refractivity contribution in [2.45, 2.75) is 12.6 Å². The van der Waals surface area contributed by atoms with E-state index >= 15 is 0 Å². The van der Waals surface area contributed by atoms with E-state index in [1.807, 2.05) is 6.07 Å². The smallest absolute Gasteiger partial charge is 0.437 e. The number of amides is 1. The zero-order valence-electron chi connectivity index (χ0n) is 10.8. The molecule has 2 aromatic rings. The van der Waals surface area contributed by atoms with Crippen LogP contribution >= 0.6 is 0 Å². The molecule has 3 rings (SSSR count). The van der Waals surface area contributed by atoms with Crippen LogP contribution in [0.25, 0.3) is 0 Å². The highest BCUT2D eigenvalue weighted by atomic mass is 19.4. The Labute approximate surface area is 117 Å². The van der Waals surface area contributed by atoms with Crippen LogP contribution in [0.3, 0.4) is 0 Å². The first-order chi connectivity index (χ1) is 9.95. The van der Waals surface area contributed by atoms with Crippen LogP contribution in [-0.2, 0) is 12.6 Å². The number of alkyl halides is 3. The van der Waals surface area contributed by atoms with E-state index < -0.39 is 23.3 Å². The Kier molecular flexibility index (Phi) is 3.23. The van der Waals surface area contributed by atoms with Crippen molar-refractivity contribution in [2.75, 3.05) is 13.1 Å². The third-order valence-electron chi connectivity index (χ3n) is 3.42. The molecule has 0 aromatic carbocycles. The van der Waals surface area contributed by atoms with Gasteiger partial charge in [-0.15, -0.1) is 0 Å². The maximum absolute atomic E-state index is 12.7. The fraction of sp³-hybridized carbons (Fsp3) is 0.385. The molecule has 0 radical (unpaired) electrons. The molecule has 3 heterocycles. The Hall–Kier alpha value is -2.25. The molecule has 1 aliphatic rings. The van der Waals surface area contributed by atoms with Gasteiger partial charge < -0.3 is 13.8 Å². The summed E-state index contributed by atoms with van der Waals surface area (Å²) in [5.41, 5.74) is -0.803. The van der Waals surface area contributed by atoms with Crippen LogP contribution in [0.5, 0.6) is 0 Å². The predicted octanol–water partition coefficient (Wildman–Crippen LogP) is 2.60. The zero-order chi connectivity index (χ0) is 15.0. The number of furan rings is 1. The van der Waals surface area contributed by atoms with Gasteiger partial charge in [0.1, 0.15) is 11.8 Å². The highest BCUT2D eigenvalue weighted by Crippen LogP contribution is 2.32. The Morgan fingerprint density at radius 1 is 1.38 bits per heavy atom. The first-order valence-corrected chi connectivity index (χ1v) is 6.27. The molecule has 0 spiro atoms. The van der Waals surface area contributed by atoms with E-state index in [0.29, 0.717) is 13.1 Å². The Morgan fingerprint density at radius 2 is 2.14 bits per heavy atom. The van der Waals surface area contributed by atoms with Crippen molar-refractivity contribution >= 4 is 5.91 Å². The molecule has 0 atom stereocenters. The van der Waals surface area contributed by atoms with Crippen LogP contribution in [0.1, 0.15) is 21.6 Å². The quantitative estimate of drug-likeness (QED) is 0.874. The molecule has 1 saturated heterocycles. The molecule has 21 heavy (non-hydrogen) atoms. The average molecular weight is 300 g/mol. The van der Waals surface area contributed by atoms with Crippen LogP contribution in [0.15, 0.2) is 33.8 Å². The molecule has 0 aliphatic carbocycles. The van der Waals surface area contributed by atoms with Gasteiger partial charge in [-0.1, -0.05) is 5.16 Å². The van der Waals surface area contributed by atoms with Gasteiger partial charge in [-0.25, -0.2) is 0 Å². The SMILES string of the molecule is O=C(c1conc1C(F)(F)F)N1CC(Cc2ccoc2)C1. The lowest BCUT2D eigenvalue weighted by Crippen LogP contribution is -2.50. The second-order valence-corrected chi connectivity index (χ2v) is 4.99. The molecule has 5 nitrogen and oxygen atoms in total. The fourth-order valence-electron chi connectivity index (χ4n) is 2.37. The molecule has 8 heteroatoms. The molecule has 112 valence electrons. The second-order valence-electron chi connectivity index (χ2n) is 4.99. The largest absolute Gasteiger partial charge is 0.472 e. The molecule has 1 fully saturated rings. The lowest BCUT2D eigenvalue weighted by Gasteiger charge is -2.39. The van der Waals surface area contributed by atoms with Crippen molar-refractivity contribution < 1.29 is 26.9 Å². The van der Waals surface area contributed by atoms with Gasteiger partial charge in [0.15, 0.2) is 5.69 Å². The molecule has 1 aliphatic heterocycles. The molecule has 0 saturated carbocycles. The molecule has 0 bridgehead atoms. The lowest BCUT2D eigenvalue weighted by molar-refractivity contribution is -0.143. The Bertz CT molecular complexity index is 627. The monoisotopic (exact) mass is 300 g/mol. The molecule has 2 aromatic heterocycles. The van der Waals surface area contributed by atoms with E-state index in [1.54, 1.807) is 12.5 Å². The van der Waals surface area contributed by atoms with E-state index in [0.717, 1.165) is 18.2 Å². The molecule has 0 unspecified atom stereocenters. The maximum atomic E-state index is 12.7. The summed E-state index contributed by atoms with van der Waals surface area (Å²) < 4.78 is 47.2. The summed E-state index contributed by atoms with van der Waals surface area (Å²) in [7, 11) is 0. The summed E-state index contributed by atoms with van der Waals surface area (Å²) in [4.78, 5) is 13.4. The maximum Gasteiger partial charge on any atom is 0.437 e. The molecular weight excluding hydrogens is 289 g/mol. The summed E-state index contributed by atoms with van der Waals surface area (Å²) in [6.45, 7) is 0.818. The topological polar surface area (TPSA) is 59.5 Å². The molecular formula is C13H11F3N2O3. The van der Waals surface area contributed by atoms with E-state index in [9.17, 15) is 18.0 Å². The van der Waals surface area contributed by atoms with Crippen LogP contribution in [0.2, 0.25) is 0 Å². The van der Waals surface area contributed by atoms with Crippen molar-refractivity contribution in [3.05, 3.63) is 41.7 Å². The van der Waals surface area contributed by atoms with Gasteiger partial charge in [0, 0.05) is 13.1 Å². The third kappa shape index (κ3) is 2.65. The lowest BCUT2D eigenvalue weighted by atomic mass is 9.92. The van der Waals surface area contributed by atoms with Crippen LogP contribution in [0.4, 0.5) is 13.2 Å². The number of hydrogen-bond acceptors (Lipinski definition) is 4. The summed E-state index contributed by atoms with van der Waals surface area (Å²) >= 11 is 0. The fourth-order valence-corrected chi connectivity index (χ4v) is 2.37. The van der Waals surface area contributed by atoms with E-state index in [2.05, 4.69) is 9.68 Å². The van der Waals surface area contributed by atoms with E-state index in [1.165, 1.54) is 4.90 Å². The number of carbonyl (C=O) groups is 1. The second kappa shape index (κ2) is 4.94. The molecule has 1 amide bonds. The van der Waals surface area contributed by atoms with Crippen LogP contribution < -0.4 is 0 Å². The number of hydrogen-bond donors (Lipinski definition) is 0. The van der Waals surface area contributed by atoms with Crippen molar-refractivity contribution in [1.29, 1.82) is 0 Å². The minimum Gasteiger partial charge on any atom is -0.472 e. The number of rotatable bonds is 3. The van der Waals surface area contributed by atoms with Crippen LogP contribution in [-0.4, -0.2) is 29.1 Å². The third-order valence-corrected chi connectivity index (χ3v) is 3.42. The van der Waals surface area contributed by atoms with Gasteiger partial charge >= 0.3 is 6.18 Å². The van der Waals surface area contributed by atoms with Gasteiger partial charge in [-0.3, -0.25) is 4.79 Å². The minimum absolute atomic E-state index is 0.223. The first kappa shape index (κ1) is 13.7. The predicted molar refractivity (Wildman–Crippen MR) is 63.3 cm³/mol. The van der Waals surface area contributed by atoms with Gasteiger partial charge in [0.25, 0.3) is 5.91 Å². The van der Waals surface area contributed by atoms with Crippen molar-refractivity contribution in [1.82, 2.24) is 10.1 Å². The minimum atomic E-state index is -4.70. The highest BCUT2D eigenvalue weighted by molar-refractivity contribution is 5.95. The number of aromatic nitrogens is 1. The van der Waals surface area contributed by atoms with Gasteiger partial charge in [-0.05, 0) is 24.0 Å². The normalized spacial score (nSPS) is 16.0. The van der Waals surface area contributed by atoms with Crippen molar-refractivity contribution in [3.8, 4) is 0 Å². The van der Waals surface area contributed by atoms with Gasteiger partial charge in [0.05, 0.1) is 12.5 Å². The number of likely N-dealkylation sites (tertiary alicyclic amines) is 1. The Balaban J connectivity index is 1.62. The summed E-state index contributed by atoms with van der Waals surface area (Å²) in [5.74, 6) is -0.479. The first-order valence-electron chi connectivity index (χ1n) is 6.27. The summed E-state index contributed by atoms with van der Waals surface area (Å²) in [6, 6.07) is 1.83. The number of nitrogens with zero attached hydrogens (tertiary/aromatic N) is 2. The number of halogens is 3. The van der Waals surface area contributed by atoms with Crippen molar-refractivity contribution in [3.63, 3.8) is 0 Å². The van der Waals surface area contributed by atoms with Crippen molar-refractivity contribution in [2.24, 2.45) is 5.92 Å². The number of carbonyl (C=O) groups excluding carboxylic acids is 1. The van der Waals surface area contributed by atoms with Crippen LogP contribution in [0, 0.1) is 5.92 Å². The van der Waals surface area contributed by atoms with Gasteiger partial charge in [-0.2, -0.15) is 13.2 Å². The van der Waals surface area contributed by atoms with Gasteiger partial charge in [0.2, 0.25) is 0 Å². The molecule has 0 N–H and O–H groups in total.